The summed E-state index contributed by atoms with van der Waals surface area (Å²) in [5.74, 6) is -1.63. The molecular weight excluding hydrogens is 536 g/mol. The number of carbonyl (C=O) groups is 4. The topological polar surface area (TPSA) is 111 Å². The molecule has 4 rings (SSSR count). The number of nitrogens with zero attached hydrogens (tertiary/aromatic N) is 1. The first-order valence-electron chi connectivity index (χ1n) is 12.4. The molecule has 3 aromatic rings. The van der Waals surface area contributed by atoms with Crippen molar-refractivity contribution in [3.8, 4) is 11.5 Å². The molecule has 0 spiro atoms. The van der Waals surface area contributed by atoms with Gasteiger partial charge in [-0.3, -0.25) is 14.9 Å². The van der Waals surface area contributed by atoms with Gasteiger partial charge in [-0.05, 0) is 74.4 Å². The monoisotopic (exact) mass is 562 g/mol. The van der Waals surface area contributed by atoms with Gasteiger partial charge in [0.05, 0.1) is 30.0 Å². The van der Waals surface area contributed by atoms with Gasteiger partial charge in [-0.15, -0.1) is 0 Å². The number of nitrogens with one attached hydrogen (secondary N) is 1. The van der Waals surface area contributed by atoms with E-state index in [1.54, 1.807) is 13.0 Å². The number of imide groups is 2. The van der Waals surface area contributed by atoms with Gasteiger partial charge in [0.1, 0.15) is 12.2 Å². The second-order valence-electron chi connectivity index (χ2n) is 9.04. The lowest BCUT2D eigenvalue weighted by atomic mass is 10.1. The quantitative estimate of drug-likeness (QED) is 0.223. The van der Waals surface area contributed by atoms with Gasteiger partial charge in [0.2, 0.25) is 0 Å². The second-order valence-corrected chi connectivity index (χ2v) is 9.45. The van der Waals surface area contributed by atoms with Gasteiger partial charge < -0.3 is 14.2 Å². The van der Waals surface area contributed by atoms with Gasteiger partial charge in [0, 0.05) is 0 Å². The zero-order chi connectivity index (χ0) is 29.0. The van der Waals surface area contributed by atoms with Crippen molar-refractivity contribution in [3.05, 3.63) is 93.0 Å². The summed E-state index contributed by atoms with van der Waals surface area (Å²) in [7, 11) is 1.45. The van der Waals surface area contributed by atoms with E-state index in [4.69, 9.17) is 25.8 Å². The van der Waals surface area contributed by atoms with Crippen LogP contribution >= 0.6 is 11.6 Å². The Morgan fingerprint density at radius 3 is 2.30 bits per heavy atom. The molecule has 3 aromatic carbocycles. The molecule has 0 radical (unpaired) electrons. The van der Waals surface area contributed by atoms with Crippen molar-refractivity contribution in [3.63, 3.8) is 0 Å². The predicted molar refractivity (Wildman–Crippen MR) is 150 cm³/mol. The van der Waals surface area contributed by atoms with Crippen molar-refractivity contribution in [1.82, 2.24) is 5.32 Å². The summed E-state index contributed by atoms with van der Waals surface area (Å²) in [6.07, 6.45) is 1.31. The van der Waals surface area contributed by atoms with Crippen molar-refractivity contribution >= 4 is 47.2 Å². The van der Waals surface area contributed by atoms with Crippen molar-refractivity contribution in [2.24, 2.45) is 0 Å². The number of ether oxygens (including phenoxy) is 3. The zero-order valence-corrected chi connectivity index (χ0v) is 23.1. The van der Waals surface area contributed by atoms with Crippen molar-refractivity contribution in [2.45, 2.75) is 27.4 Å². The van der Waals surface area contributed by atoms with Crippen LogP contribution < -0.4 is 19.7 Å². The van der Waals surface area contributed by atoms with Crippen molar-refractivity contribution < 1.29 is 33.4 Å². The third kappa shape index (κ3) is 6.16. The number of benzene rings is 3. The molecule has 0 unspecified atom stereocenters. The van der Waals surface area contributed by atoms with Crippen LogP contribution in [0.4, 0.5) is 10.5 Å². The van der Waals surface area contributed by atoms with E-state index < -0.39 is 23.8 Å². The predicted octanol–water partition coefficient (Wildman–Crippen LogP) is 5.39. The van der Waals surface area contributed by atoms with Crippen molar-refractivity contribution in [2.75, 3.05) is 18.6 Å². The van der Waals surface area contributed by atoms with E-state index in [1.807, 2.05) is 26.0 Å². The van der Waals surface area contributed by atoms with Gasteiger partial charge in [0.15, 0.2) is 11.5 Å². The Hall–Kier alpha value is -4.63. The van der Waals surface area contributed by atoms with Crippen LogP contribution in [-0.2, 0) is 20.9 Å². The Morgan fingerprint density at radius 1 is 1.00 bits per heavy atom. The number of esters is 1. The maximum absolute atomic E-state index is 13.3. The van der Waals surface area contributed by atoms with E-state index in [-0.39, 0.29) is 35.1 Å². The molecule has 1 heterocycles. The number of rotatable bonds is 8. The molecule has 0 saturated carbocycles. The van der Waals surface area contributed by atoms with Gasteiger partial charge in [0.25, 0.3) is 11.8 Å². The highest BCUT2D eigenvalue weighted by Crippen LogP contribution is 2.38. The van der Waals surface area contributed by atoms with Crippen molar-refractivity contribution in [1.29, 1.82) is 0 Å². The number of anilines is 1. The average molecular weight is 563 g/mol. The molecule has 40 heavy (non-hydrogen) atoms. The molecule has 1 fully saturated rings. The Balaban J connectivity index is 1.61. The lowest BCUT2D eigenvalue weighted by molar-refractivity contribution is -0.122. The number of urea groups is 1. The number of methoxy groups -OCH3 is 1. The minimum absolute atomic E-state index is 0.166. The molecule has 9 nitrogen and oxygen atoms in total. The first-order chi connectivity index (χ1) is 19.1. The fraction of sp³-hybridized carbons (Fsp3) is 0.200. The van der Waals surface area contributed by atoms with Crippen LogP contribution in [0.25, 0.3) is 6.08 Å². The Bertz CT molecular complexity index is 1510. The Morgan fingerprint density at radius 2 is 1.68 bits per heavy atom. The third-order valence-corrected chi connectivity index (χ3v) is 6.25. The molecule has 206 valence electrons. The average Bonchev–Trinajstić information content (AvgIpc) is 2.90. The number of hydrogen-bond donors (Lipinski definition) is 1. The fourth-order valence-electron chi connectivity index (χ4n) is 4.29. The van der Waals surface area contributed by atoms with Gasteiger partial charge >= 0.3 is 12.0 Å². The smallest absolute Gasteiger partial charge is 0.338 e. The van der Waals surface area contributed by atoms with Crippen LogP contribution in [0.2, 0.25) is 5.02 Å². The van der Waals surface area contributed by atoms with Crippen LogP contribution in [0.1, 0.15) is 39.5 Å². The summed E-state index contributed by atoms with van der Waals surface area (Å²) in [4.78, 5) is 51.2. The summed E-state index contributed by atoms with van der Waals surface area (Å²) in [6.45, 7) is 6.15. The summed E-state index contributed by atoms with van der Waals surface area (Å²) < 4.78 is 16.4. The molecule has 1 N–H and O–H groups in total. The minimum Gasteiger partial charge on any atom is -0.493 e. The highest BCUT2D eigenvalue weighted by molar-refractivity contribution is 6.39. The molecule has 4 amide bonds. The van der Waals surface area contributed by atoms with E-state index >= 15 is 0 Å². The summed E-state index contributed by atoms with van der Waals surface area (Å²) in [6, 6.07) is 14.0. The van der Waals surface area contributed by atoms with Crippen LogP contribution in [0.5, 0.6) is 11.5 Å². The number of hydrogen-bond acceptors (Lipinski definition) is 7. The first kappa shape index (κ1) is 28.4. The number of carbonyl (C=O) groups excluding carboxylic acids is 4. The van der Waals surface area contributed by atoms with E-state index in [2.05, 4.69) is 11.4 Å². The number of aryl methyl sites for hydroxylation is 2. The van der Waals surface area contributed by atoms with Gasteiger partial charge in [-0.2, -0.15) is 0 Å². The molecular formula is C30H27ClN2O7. The van der Waals surface area contributed by atoms with E-state index in [1.165, 1.54) is 43.5 Å². The second kappa shape index (κ2) is 12.0. The molecule has 0 bridgehead atoms. The summed E-state index contributed by atoms with van der Waals surface area (Å²) in [5.41, 5.74) is 3.69. The van der Waals surface area contributed by atoms with Crippen LogP contribution in [-0.4, -0.2) is 37.5 Å². The molecule has 0 aliphatic carbocycles. The number of halogens is 1. The van der Waals surface area contributed by atoms with Crippen LogP contribution in [0.3, 0.4) is 0 Å². The third-order valence-electron chi connectivity index (χ3n) is 5.97. The van der Waals surface area contributed by atoms with Crippen LogP contribution in [0.15, 0.2) is 60.2 Å². The fourth-order valence-corrected chi connectivity index (χ4v) is 4.56. The van der Waals surface area contributed by atoms with Crippen LogP contribution in [0, 0.1) is 13.8 Å². The van der Waals surface area contributed by atoms with E-state index in [9.17, 15) is 19.2 Å². The highest BCUT2D eigenvalue weighted by Gasteiger charge is 2.37. The number of amides is 4. The zero-order valence-electron chi connectivity index (χ0n) is 22.4. The molecule has 1 aliphatic rings. The standard InChI is InChI=1S/C30H27ClN2O7/c1-5-39-29(36)21-6-8-22(9-7-21)33-28(35)23(27(34)32-30(33)37)13-19-14-24(31)26(25(15-19)38-4)40-16-20-11-17(2)10-18(3)12-20/h6-15H,5,16H2,1-4H3,(H,32,34,37)/b23-13+. The lowest BCUT2D eigenvalue weighted by Crippen LogP contribution is -2.54. The number of barbiturate groups is 1. The van der Waals surface area contributed by atoms with Gasteiger partial charge in [-0.25, -0.2) is 14.5 Å². The summed E-state index contributed by atoms with van der Waals surface area (Å²) in [5, 5.41) is 2.38. The molecule has 0 atom stereocenters. The van der Waals surface area contributed by atoms with E-state index in [0.29, 0.717) is 17.1 Å². The van der Waals surface area contributed by atoms with E-state index in [0.717, 1.165) is 21.6 Å². The Labute approximate surface area is 236 Å². The SMILES string of the molecule is CCOC(=O)c1ccc(N2C(=O)NC(=O)/C(=C\c3cc(Cl)c(OCc4cc(C)cc(C)c4)c(OC)c3)C2=O)cc1. The first-order valence-corrected chi connectivity index (χ1v) is 12.7. The maximum atomic E-state index is 13.3. The maximum Gasteiger partial charge on any atom is 0.338 e. The molecule has 1 aliphatic heterocycles. The molecule has 1 saturated heterocycles. The minimum atomic E-state index is -0.915. The molecule has 0 aromatic heterocycles. The van der Waals surface area contributed by atoms with Gasteiger partial charge in [-0.1, -0.05) is 40.9 Å². The molecule has 10 heteroatoms. The Kier molecular flexibility index (Phi) is 8.55. The highest BCUT2D eigenvalue weighted by atomic mass is 35.5. The normalized spacial score (nSPS) is 14.3. The largest absolute Gasteiger partial charge is 0.493 e. The summed E-state index contributed by atoms with van der Waals surface area (Å²) >= 11 is 6.52. The lowest BCUT2D eigenvalue weighted by Gasteiger charge is -2.26.